The van der Waals surface area contributed by atoms with Gasteiger partial charge >= 0.3 is 0 Å². The van der Waals surface area contributed by atoms with Crippen molar-refractivity contribution in [1.29, 1.82) is 0 Å². The van der Waals surface area contributed by atoms with Crippen molar-refractivity contribution in [3.8, 4) is 0 Å². The molecule has 0 aliphatic rings. The molecule has 7 heteroatoms. The summed E-state index contributed by atoms with van der Waals surface area (Å²) >= 11 is 0. The molecule has 0 radical (unpaired) electrons. The number of carbonyl (C=O) groups is 1. The highest BCUT2D eigenvalue weighted by Crippen LogP contribution is 2.16. The first kappa shape index (κ1) is 18.2. The topological polar surface area (TPSA) is 76.4 Å². The van der Waals surface area contributed by atoms with E-state index in [1.165, 1.54) is 0 Å². The molecule has 2 N–H and O–H groups in total. The highest BCUT2D eigenvalue weighted by atomic mass is 35.5. The van der Waals surface area contributed by atoms with E-state index in [9.17, 15) is 4.79 Å². The van der Waals surface area contributed by atoms with Crippen molar-refractivity contribution in [2.75, 3.05) is 19.0 Å². The Bertz CT molecular complexity index is 601. The molecule has 1 aromatic heterocycles. The van der Waals surface area contributed by atoms with Crippen LogP contribution in [0.15, 0.2) is 34.9 Å². The van der Waals surface area contributed by atoms with E-state index < -0.39 is 0 Å². The third-order valence-corrected chi connectivity index (χ3v) is 2.91. The molecule has 0 bridgehead atoms. The summed E-state index contributed by atoms with van der Waals surface area (Å²) < 4.78 is 9.94. The van der Waals surface area contributed by atoms with E-state index in [1.54, 1.807) is 13.2 Å². The number of anilines is 1. The summed E-state index contributed by atoms with van der Waals surface area (Å²) in [4.78, 5) is 12.2. The summed E-state index contributed by atoms with van der Waals surface area (Å²) in [7, 11) is 1.55. The van der Waals surface area contributed by atoms with Gasteiger partial charge in [-0.15, -0.1) is 12.4 Å². The number of benzene rings is 1. The molecule has 120 valence electrons. The van der Waals surface area contributed by atoms with Gasteiger partial charge in [-0.3, -0.25) is 4.79 Å². The Balaban J connectivity index is 0.00000242. The van der Waals surface area contributed by atoms with Crippen LogP contribution in [-0.2, 0) is 17.9 Å². The third-order valence-electron chi connectivity index (χ3n) is 2.91. The predicted octanol–water partition coefficient (Wildman–Crippen LogP) is 2.60. The van der Waals surface area contributed by atoms with Gasteiger partial charge in [0.25, 0.3) is 5.91 Å². The van der Waals surface area contributed by atoms with Crippen LogP contribution in [0, 0.1) is 0 Å². The van der Waals surface area contributed by atoms with Crippen molar-refractivity contribution in [3.63, 3.8) is 0 Å². The van der Waals surface area contributed by atoms with Gasteiger partial charge in [0, 0.05) is 25.4 Å². The highest BCUT2D eigenvalue weighted by molar-refractivity contribution is 6.03. The molecule has 0 saturated carbocycles. The molecule has 22 heavy (non-hydrogen) atoms. The van der Waals surface area contributed by atoms with Gasteiger partial charge in [-0.05, 0) is 18.2 Å². The second-order valence-corrected chi connectivity index (χ2v) is 4.50. The van der Waals surface area contributed by atoms with Gasteiger partial charge in [0.15, 0.2) is 11.5 Å². The average Bonchev–Trinajstić information content (AvgIpc) is 2.95. The van der Waals surface area contributed by atoms with Crippen LogP contribution in [0.3, 0.4) is 0 Å². The first-order valence-electron chi connectivity index (χ1n) is 6.79. The minimum absolute atomic E-state index is 0. The second-order valence-electron chi connectivity index (χ2n) is 4.50. The van der Waals surface area contributed by atoms with Gasteiger partial charge in [0.1, 0.15) is 6.61 Å². The minimum Gasteiger partial charge on any atom is -0.377 e. The molecule has 0 aliphatic heterocycles. The normalized spacial score (nSPS) is 10.1. The number of hydrogen-bond acceptors (Lipinski definition) is 5. The van der Waals surface area contributed by atoms with Crippen LogP contribution in [-0.4, -0.2) is 24.7 Å². The molecular formula is C15H20ClN3O3. The number of amides is 1. The van der Waals surface area contributed by atoms with Crippen LogP contribution >= 0.6 is 12.4 Å². The molecule has 0 saturated heterocycles. The predicted molar refractivity (Wildman–Crippen MR) is 86.2 cm³/mol. The average molecular weight is 326 g/mol. The van der Waals surface area contributed by atoms with Crippen molar-refractivity contribution >= 4 is 24.0 Å². The molecule has 0 aliphatic carbocycles. The van der Waals surface area contributed by atoms with Crippen molar-refractivity contribution in [2.45, 2.75) is 20.1 Å². The molecule has 0 fully saturated rings. The molecule has 6 nitrogen and oxygen atoms in total. The SMILES string of the molecule is CCNCc1ccccc1NC(=O)c1cc(COC)on1.Cl. The van der Waals surface area contributed by atoms with E-state index in [1.807, 2.05) is 31.2 Å². The monoisotopic (exact) mass is 325 g/mol. The minimum atomic E-state index is -0.301. The lowest BCUT2D eigenvalue weighted by molar-refractivity contribution is 0.101. The van der Waals surface area contributed by atoms with Crippen LogP contribution in [0.25, 0.3) is 0 Å². The van der Waals surface area contributed by atoms with Crippen molar-refractivity contribution in [1.82, 2.24) is 10.5 Å². The Hall–Kier alpha value is -1.89. The number of hydrogen-bond donors (Lipinski definition) is 2. The maximum absolute atomic E-state index is 12.2. The van der Waals surface area contributed by atoms with E-state index in [0.717, 1.165) is 17.8 Å². The lowest BCUT2D eigenvalue weighted by Crippen LogP contribution is -2.17. The lowest BCUT2D eigenvalue weighted by atomic mass is 10.1. The Morgan fingerprint density at radius 1 is 1.36 bits per heavy atom. The van der Waals surface area contributed by atoms with Gasteiger partial charge in [0.2, 0.25) is 0 Å². The Morgan fingerprint density at radius 2 is 2.14 bits per heavy atom. The standard InChI is InChI=1S/C15H19N3O3.ClH/c1-3-16-9-11-6-4-5-7-13(11)17-15(19)14-8-12(10-20-2)21-18-14;/h4-8,16H,3,9-10H2,1-2H3,(H,17,19);1H. The number of nitrogens with zero attached hydrogens (tertiary/aromatic N) is 1. The van der Waals surface area contributed by atoms with Crippen molar-refractivity contribution < 1.29 is 14.1 Å². The lowest BCUT2D eigenvalue weighted by Gasteiger charge is -2.10. The highest BCUT2D eigenvalue weighted by Gasteiger charge is 2.14. The quantitative estimate of drug-likeness (QED) is 0.818. The number of nitrogens with one attached hydrogen (secondary N) is 2. The van der Waals surface area contributed by atoms with Gasteiger partial charge in [-0.2, -0.15) is 0 Å². The largest absolute Gasteiger partial charge is 0.377 e. The third kappa shape index (κ3) is 4.84. The van der Waals surface area contributed by atoms with Crippen molar-refractivity contribution in [2.24, 2.45) is 0 Å². The maximum atomic E-state index is 12.2. The molecule has 0 spiro atoms. The Kier molecular flexibility index (Phi) is 7.59. The number of aromatic nitrogens is 1. The van der Waals surface area contributed by atoms with Gasteiger partial charge in [0.05, 0.1) is 0 Å². The second kappa shape index (κ2) is 9.19. The maximum Gasteiger partial charge on any atom is 0.277 e. The molecule has 1 amide bonds. The van der Waals surface area contributed by atoms with Crippen LogP contribution in [0.4, 0.5) is 5.69 Å². The zero-order valence-electron chi connectivity index (χ0n) is 12.6. The fourth-order valence-electron chi connectivity index (χ4n) is 1.87. The van der Waals surface area contributed by atoms with Crippen LogP contribution in [0.5, 0.6) is 0 Å². The molecule has 0 unspecified atom stereocenters. The van der Waals surface area contributed by atoms with Gasteiger partial charge in [-0.1, -0.05) is 30.3 Å². The molecule has 2 aromatic rings. The van der Waals surface area contributed by atoms with E-state index in [4.69, 9.17) is 9.26 Å². The Labute approximate surface area is 135 Å². The summed E-state index contributed by atoms with van der Waals surface area (Å²) in [5.74, 6) is 0.216. The zero-order chi connectivity index (χ0) is 15.1. The summed E-state index contributed by atoms with van der Waals surface area (Å²) in [6.07, 6.45) is 0. The number of methoxy groups -OCH3 is 1. The Morgan fingerprint density at radius 3 is 2.86 bits per heavy atom. The van der Waals surface area contributed by atoms with Crippen LogP contribution < -0.4 is 10.6 Å². The van der Waals surface area contributed by atoms with E-state index in [-0.39, 0.29) is 30.6 Å². The first-order chi connectivity index (χ1) is 10.2. The van der Waals surface area contributed by atoms with E-state index >= 15 is 0 Å². The van der Waals surface area contributed by atoms with Gasteiger partial charge < -0.3 is 19.9 Å². The fourth-order valence-corrected chi connectivity index (χ4v) is 1.87. The molecule has 1 heterocycles. The smallest absolute Gasteiger partial charge is 0.277 e. The van der Waals surface area contributed by atoms with Crippen LogP contribution in [0.2, 0.25) is 0 Å². The number of ether oxygens (including phenoxy) is 1. The molecular weight excluding hydrogens is 306 g/mol. The summed E-state index contributed by atoms with van der Waals surface area (Å²) in [5.41, 5.74) is 2.02. The number of halogens is 1. The molecule has 0 atom stereocenters. The van der Waals surface area contributed by atoms with Crippen molar-refractivity contribution in [3.05, 3.63) is 47.3 Å². The number of carbonyl (C=O) groups excluding carboxylic acids is 1. The fraction of sp³-hybridized carbons (Fsp3) is 0.333. The first-order valence-corrected chi connectivity index (χ1v) is 6.79. The van der Waals surface area contributed by atoms with E-state index in [2.05, 4.69) is 15.8 Å². The van der Waals surface area contributed by atoms with Crippen LogP contribution in [0.1, 0.15) is 28.7 Å². The summed E-state index contributed by atoms with van der Waals surface area (Å²) in [6, 6.07) is 9.23. The van der Waals surface area contributed by atoms with E-state index in [0.29, 0.717) is 12.3 Å². The summed E-state index contributed by atoms with van der Waals surface area (Å²) in [6.45, 7) is 3.89. The molecule has 1 aromatic carbocycles. The number of rotatable bonds is 7. The number of para-hydroxylation sites is 1. The van der Waals surface area contributed by atoms with Gasteiger partial charge in [-0.25, -0.2) is 0 Å². The zero-order valence-corrected chi connectivity index (χ0v) is 13.4. The molecule has 2 rings (SSSR count). The summed E-state index contributed by atoms with van der Waals surface area (Å²) in [5, 5.41) is 9.83.